The lowest BCUT2D eigenvalue weighted by atomic mass is 9.99. The van der Waals surface area contributed by atoms with Gasteiger partial charge in [0.25, 0.3) is 0 Å². The number of aliphatic carboxylic acids is 1. The van der Waals surface area contributed by atoms with Crippen molar-refractivity contribution >= 4 is 28.5 Å². The fourth-order valence-electron chi connectivity index (χ4n) is 2.31. The van der Waals surface area contributed by atoms with E-state index in [-0.39, 0.29) is 12.6 Å². The standard InChI is InChI=1S/C13H14N4O4S/c18-11(19)8-3-1-5-17(7-8)13(20)14-12-16-15-10(22-12)9-4-2-6-21-9/h2,4,6,8H,1,3,5,7H2,(H,18,19)(H,14,16,20). The molecule has 1 aliphatic heterocycles. The van der Waals surface area contributed by atoms with Crippen molar-refractivity contribution in [3.8, 4) is 10.8 Å². The smallest absolute Gasteiger partial charge is 0.323 e. The molecule has 2 amide bonds. The molecule has 2 aromatic rings. The molecule has 116 valence electrons. The van der Waals surface area contributed by atoms with Crippen LogP contribution >= 0.6 is 11.3 Å². The first-order chi connectivity index (χ1) is 10.6. The number of likely N-dealkylation sites (tertiary alicyclic amines) is 1. The molecule has 0 aliphatic carbocycles. The molecule has 0 bridgehead atoms. The van der Waals surface area contributed by atoms with Gasteiger partial charge in [-0.25, -0.2) is 4.79 Å². The van der Waals surface area contributed by atoms with Gasteiger partial charge in [0.05, 0.1) is 12.2 Å². The minimum Gasteiger partial charge on any atom is -0.481 e. The van der Waals surface area contributed by atoms with Crippen LogP contribution in [0.3, 0.4) is 0 Å². The summed E-state index contributed by atoms with van der Waals surface area (Å²) in [7, 11) is 0. The predicted molar refractivity (Wildman–Crippen MR) is 78.6 cm³/mol. The van der Waals surface area contributed by atoms with E-state index >= 15 is 0 Å². The highest BCUT2D eigenvalue weighted by Crippen LogP contribution is 2.27. The van der Waals surface area contributed by atoms with E-state index in [0.717, 1.165) is 0 Å². The van der Waals surface area contributed by atoms with Crippen LogP contribution in [0.1, 0.15) is 12.8 Å². The number of urea groups is 1. The van der Waals surface area contributed by atoms with Gasteiger partial charge in [-0.05, 0) is 25.0 Å². The Morgan fingerprint density at radius 2 is 2.32 bits per heavy atom. The first kappa shape index (κ1) is 14.5. The first-order valence-corrected chi connectivity index (χ1v) is 7.61. The van der Waals surface area contributed by atoms with E-state index in [0.29, 0.717) is 35.3 Å². The Bertz CT molecular complexity index is 669. The molecule has 1 atom stereocenters. The number of nitrogens with zero attached hydrogens (tertiary/aromatic N) is 3. The molecule has 3 heterocycles. The van der Waals surface area contributed by atoms with Gasteiger partial charge in [-0.3, -0.25) is 10.1 Å². The molecule has 1 unspecified atom stereocenters. The number of carboxylic acid groups (broad SMARTS) is 1. The summed E-state index contributed by atoms with van der Waals surface area (Å²) in [5, 5.41) is 20.5. The third-order valence-corrected chi connectivity index (χ3v) is 4.28. The van der Waals surface area contributed by atoms with Crippen molar-refractivity contribution in [3.63, 3.8) is 0 Å². The second-order valence-electron chi connectivity index (χ2n) is 4.94. The Kier molecular flexibility index (Phi) is 4.05. The van der Waals surface area contributed by atoms with Crippen molar-refractivity contribution < 1.29 is 19.1 Å². The van der Waals surface area contributed by atoms with Gasteiger partial charge in [-0.2, -0.15) is 0 Å². The molecule has 1 fully saturated rings. The molecule has 0 radical (unpaired) electrons. The second-order valence-corrected chi connectivity index (χ2v) is 5.92. The number of hydrogen-bond donors (Lipinski definition) is 2. The maximum Gasteiger partial charge on any atom is 0.323 e. The van der Waals surface area contributed by atoms with Gasteiger partial charge in [0, 0.05) is 13.1 Å². The Hall–Kier alpha value is -2.42. The lowest BCUT2D eigenvalue weighted by Gasteiger charge is -2.30. The molecule has 0 aromatic carbocycles. The van der Waals surface area contributed by atoms with Crippen molar-refractivity contribution in [1.29, 1.82) is 0 Å². The van der Waals surface area contributed by atoms with Crippen molar-refractivity contribution in [3.05, 3.63) is 18.4 Å². The summed E-state index contributed by atoms with van der Waals surface area (Å²) in [6.45, 7) is 0.754. The van der Waals surface area contributed by atoms with Crippen LogP contribution in [0.25, 0.3) is 10.8 Å². The van der Waals surface area contributed by atoms with Crippen LogP contribution in [0, 0.1) is 5.92 Å². The van der Waals surface area contributed by atoms with Crippen LogP contribution in [0.2, 0.25) is 0 Å². The molecule has 2 aromatic heterocycles. The number of carboxylic acids is 1. The maximum atomic E-state index is 12.2. The zero-order valence-electron chi connectivity index (χ0n) is 11.6. The number of rotatable bonds is 3. The predicted octanol–water partition coefficient (Wildman–Crippen LogP) is 2.13. The van der Waals surface area contributed by atoms with E-state index in [1.165, 1.54) is 22.5 Å². The summed E-state index contributed by atoms with van der Waals surface area (Å²) in [4.78, 5) is 24.7. The number of anilines is 1. The number of amides is 2. The Balaban J connectivity index is 1.63. The molecular formula is C13H14N4O4S. The Morgan fingerprint density at radius 3 is 3.05 bits per heavy atom. The summed E-state index contributed by atoms with van der Waals surface area (Å²) in [5.41, 5.74) is 0. The van der Waals surface area contributed by atoms with Crippen molar-refractivity contribution in [2.24, 2.45) is 5.92 Å². The van der Waals surface area contributed by atoms with E-state index in [1.807, 2.05) is 0 Å². The third kappa shape index (κ3) is 3.08. The van der Waals surface area contributed by atoms with Crippen LogP contribution in [0.15, 0.2) is 22.8 Å². The minimum absolute atomic E-state index is 0.213. The highest BCUT2D eigenvalue weighted by Gasteiger charge is 2.28. The fraction of sp³-hybridized carbons (Fsp3) is 0.385. The van der Waals surface area contributed by atoms with E-state index in [2.05, 4.69) is 15.5 Å². The zero-order chi connectivity index (χ0) is 15.5. The second kappa shape index (κ2) is 6.14. The molecule has 2 N–H and O–H groups in total. The van der Waals surface area contributed by atoms with Crippen molar-refractivity contribution in [1.82, 2.24) is 15.1 Å². The van der Waals surface area contributed by atoms with E-state index in [9.17, 15) is 9.59 Å². The molecular weight excluding hydrogens is 308 g/mol. The van der Waals surface area contributed by atoms with Crippen molar-refractivity contribution in [2.45, 2.75) is 12.8 Å². The summed E-state index contributed by atoms with van der Waals surface area (Å²) in [6, 6.07) is 3.15. The molecule has 3 rings (SSSR count). The number of nitrogens with one attached hydrogen (secondary N) is 1. The average molecular weight is 322 g/mol. The number of carbonyl (C=O) groups excluding carboxylic acids is 1. The molecule has 0 saturated carbocycles. The highest BCUT2D eigenvalue weighted by atomic mass is 32.1. The number of aromatic nitrogens is 2. The van der Waals surface area contributed by atoms with E-state index < -0.39 is 11.9 Å². The van der Waals surface area contributed by atoms with Crippen molar-refractivity contribution in [2.75, 3.05) is 18.4 Å². The van der Waals surface area contributed by atoms with Crippen LogP contribution in [-0.2, 0) is 4.79 Å². The molecule has 8 nitrogen and oxygen atoms in total. The molecule has 1 aliphatic rings. The Labute approximate surface area is 129 Å². The number of piperidine rings is 1. The van der Waals surface area contributed by atoms with Crippen LogP contribution in [0.5, 0.6) is 0 Å². The zero-order valence-corrected chi connectivity index (χ0v) is 12.4. The largest absolute Gasteiger partial charge is 0.481 e. The number of hydrogen-bond acceptors (Lipinski definition) is 6. The van der Waals surface area contributed by atoms with Gasteiger partial charge in [-0.1, -0.05) is 11.3 Å². The summed E-state index contributed by atoms with van der Waals surface area (Å²) >= 11 is 1.20. The quantitative estimate of drug-likeness (QED) is 0.896. The topological polar surface area (TPSA) is 109 Å². The molecule has 9 heteroatoms. The van der Waals surface area contributed by atoms with Gasteiger partial charge in [0.2, 0.25) is 5.13 Å². The van der Waals surface area contributed by atoms with Gasteiger partial charge < -0.3 is 14.4 Å². The summed E-state index contributed by atoms with van der Waals surface area (Å²) < 4.78 is 5.21. The highest BCUT2D eigenvalue weighted by molar-refractivity contribution is 7.18. The number of furan rings is 1. The van der Waals surface area contributed by atoms with Gasteiger partial charge >= 0.3 is 12.0 Å². The van der Waals surface area contributed by atoms with E-state index in [4.69, 9.17) is 9.52 Å². The molecule has 0 spiro atoms. The minimum atomic E-state index is -0.867. The van der Waals surface area contributed by atoms with Gasteiger partial charge in [0.15, 0.2) is 10.8 Å². The van der Waals surface area contributed by atoms with Crippen LogP contribution in [-0.4, -0.2) is 45.3 Å². The van der Waals surface area contributed by atoms with Gasteiger partial charge in [0.1, 0.15) is 0 Å². The van der Waals surface area contributed by atoms with E-state index in [1.54, 1.807) is 12.1 Å². The summed E-state index contributed by atoms with van der Waals surface area (Å²) in [5.74, 6) is -0.789. The normalized spacial score (nSPS) is 18.2. The monoisotopic (exact) mass is 322 g/mol. The van der Waals surface area contributed by atoms with Crippen LogP contribution in [0.4, 0.5) is 9.93 Å². The molecule has 1 saturated heterocycles. The van der Waals surface area contributed by atoms with Gasteiger partial charge in [-0.15, -0.1) is 10.2 Å². The average Bonchev–Trinajstić information content (AvgIpc) is 3.18. The fourth-order valence-corrected chi connectivity index (χ4v) is 3.01. The first-order valence-electron chi connectivity index (χ1n) is 6.79. The molecule has 22 heavy (non-hydrogen) atoms. The summed E-state index contributed by atoms with van der Waals surface area (Å²) in [6.07, 6.45) is 2.81. The lowest BCUT2D eigenvalue weighted by molar-refractivity contribution is -0.143. The maximum absolute atomic E-state index is 12.2. The number of carbonyl (C=O) groups is 2. The Morgan fingerprint density at radius 1 is 1.45 bits per heavy atom. The third-order valence-electron chi connectivity index (χ3n) is 3.43. The van der Waals surface area contributed by atoms with Crippen LogP contribution < -0.4 is 5.32 Å². The lowest BCUT2D eigenvalue weighted by Crippen LogP contribution is -2.44. The SMILES string of the molecule is O=C(O)C1CCCN(C(=O)Nc2nnc(-c3ccco3)s2)C1.